The predicted octanol–water partition coefficient (Wildman–Crippen LogP) is 2.78. The number of hydrogen-bond donors (Lipinski definition) is 0. The van der Waals surface area contributed by atoms with Crippen molar-refractivity contribution >= 4 is 0 Å². The first-order valence-electron chi connectivity index (χ1n) is 6.10. The van der Waals surface area contributed by atoms with Crippen LogP contribution in [0.3, 0.4) is 0 Å². The highest BCUT2D eigenvalue weighted by molar-refractivity contribution is 5.15. The number of nitrogens with zero attached hydrogens (tertiary/aromatic N) is 1. The van der Waals surface area contributed by atoms with E-state index in [0.29, 0.717) is 18.4 Å². The smallest absolute Gasteiger partial charge is 0.255 e. The molecule has 3 fully saturated rings. The summed E-state index contributed by atoms with van der Waals surface area (Å²) in [5.74, 6) is -2.38. The van der Waals surface area contributed by atoms with Crippen molar-refractivity contribution < 1.29 is 13.5 Å². The molecule has 4 heteroatoms. The van der Waals surface area contributed by atoms with Crippen LogP contribution in [0, 0.1) is 10.8 Å². The lowest BCUT2D eigenvalue weighted by Crippen LogP contribution is -2.31. The molecule has 1 saturated heterocycles. The Morgan fingerprint density at radius 2 is 1.88 bits per heavy atom. The average Bonchev–Trinajstić information content (AvgIpc) is 2.97. The number of likely N-dealkylation sites (tertiary alicyclic amines) is 1. The van der Waals surface area contributed by atoms with Gasteiger partial charge in [0.25, 0.3) is 5.92 Å². The molecule has 100 valence electrons. The molecule has 3 rings (SSSR count). The molecule has 0 amide bonds. The monoisotopic (exact) mass is 247 g/mol. The third kappa shape index (κ3) is 2.10. The molecule has 0 aromatic carbocycles. The normalized spacial score (nSPS) is 36.9. The van der Waals surface area contributed by atoms with Crippen molar-refractivity contribution in [1.82, 2.24) is 4.90 Å². The molecule has 1 unspecified atom stereocenters. The van der Waals surface area contributed by atoms with Crippen molar-refractivity contribution in [2.45, 2.75) is 39.0 Å². The van der Waals surface area contributed by atoms with E-state index in [1.54, 1.807) is 7.11 Å². The van der Waals surface area contributed by atoms with Crippen molar-refractivity contribution in [1.29, 1.82) is 0 Å². The SMILES string of the molecule is C.COCC1(CN2CCC3(C2)CC3(F)F)CC1. The summed E-state index contributed by atoms with van der Waals surface area (Å²) >= 11 is 0. The molecule has 0 aromatic heterocycles. The summed E-state index contributed by atoms with van der Waals surface area (Å²) in [5, 5.41) is 0. The fourth-order valence-electron chi connectivity index (χ4n) is 3.22. The Bertz CT molecular complexity index is 304. The molecule has 0 bridgehead atoms. The van der Waals surface area contributed by atoms with Crippen LogP contribution in [0.2, 0.25) is 0 Å². The van der Waals surface area contributed by atoms with Crippen molar-refractivity contribution in [2.24, 2.45) is 10.8 Å². The Morgan fingerprint density at radius 3 is 2.29 bits per heavy atom. The molecule has 1 spiro atoms. The zero-order valence-corrected chi connectivity index (χ0v) is 9.77. The average molecular weight is 247 g/mol. The summed E-state index contributed by atoms with van der Waals surface area (Å²) in [5.41, 5.74) is -0.347. The predicted molar refractivity (Wildman–Crippen MR) is 63.3 cm³/mol. The van der Waals surface area contributed by atoms with Gasteiger partial charge in [0.1, 0.15) is 0 Å². The van der Waals surface area contributed by atoms with Gasteiger partial charge in [0, 0.05) is 32.0 Å². The standard InChI is InChI=1S/C12H19F2NO.CH4/c1-16-9-10(2-3-10)7-15-5-4-11(8-15)6-12(11,13)14;/h2-9H2,1H3;1H4. The van der Waals surface area contributed by atoms with Crippen LogP contribution >= 0.6 is 0 Å². The van der Waals surface area contributed by atoms with Gasteiger partial charge in [-0.1, -0.05) is 7.43 Å². The van der Waals surface area contributed by atoms with E-state index in [2.05, 4.69) is 4.90 Å². The van der Waals surface area contributed by atoms with Gasteiger partial charge in [-0.15, -0.1) is 0 Å². The number of rotatable bonds is 4. The lowest BCUT2D eigenvalue weighted by molar-refractivity contribution is 0.0629. The molecule has 2 aliphatic carbocycles. The van der Waals surface area contributed by atoms with Crippen LogP contribution in [0.1, 0.15) is 33.1 Å². The maximum Gasteiger partial charge on any atom is 0.255 e. The van der Waals surface area contributed by atoms with E-state index in [1.807, 2.05) is 0 Å². The first kappa shape index (κ1) is 13.2. The van der Waals surface area contributed by atoms with E-state index in [0.717, 1.165) is 19.7 Å². The molecular formula is C13H23F2NO. The van der Waals surface area contributed by atoms with Gasteiger partial charge in [0.15, 0.2) is 0 Å². The van der Waals surface area contributed by atoms with Gasteiger partial charge in [0.2, 0.25) is 0 Å². The summed E-state index contributed by atoms with van der Waals surface area (Å²) < 4.78 is 31.6. The van der Waals surface area contributed by atoms with Gasteiger partial charge in [0.05, 0.1) is 12.0 Å². The van der Waals surface area contributed by atoms with Crippen LogP contribution in [0.25, 0.3) is 0 Å². The van der Waals surface area contributed by atoms with Gasteiger partial charge < -0.3 is 9.64 Å². The van der Waals surface area contributed by atoms with Crippen LogP contribution in [0.15, 0.2) is 0 Å². The Hall–Kier alpha value is -0.220. The van der Waals surface area contributed by atoms with Crippen molar-refractivity contribution in [3.63, 3.8) is 0 Å². The molecule has 3 aliphatic rings. The summed E-state index contributed by atoms with van der Waals surface area (Å²) in [6.07, 6.45) is 3.19. The number of alkyl halides is 2. The number of halogens is 2. The Labute approximate surface area is 102 Å². The van der Waals surface area contributed by atoms with E-state index in [4.69, 9.17) is 4.74 Å². The maximum atomic E-state index is 13.2. The van der Waals surface area contributed by atoms with Gasteiger partial charge >= 0.3 is 0 Å². The van der Waals surface area contributed by atoms with Crippen molar-refractivity contribution in [3.05, 3.63) is 0 Å². The summed E-state index contributed by atoms with van der Waals surface area (Å²) in [4.78, 5) is 2.23. The van der Waals surface area contributed by atoms with Crippen LogP contribution in [-0.2, 0) is 4.74 Å². The van der Waals surface area contributed by atoms with Crippen LogP contribution in [0.5, 0.6) is 0 Å². The third-order valence-corrected chi connectivity index (χ3v) is 4.61. The van der Waals surface area contributed by atoms with E-state index < -0.39 is 11.3 Å². The minimum atomic E-state index is -2.38. The minimum absolute atomic E-state index is 0. The molecule has 0 N–H and O–H groups in total. The summed E-state index contributed by atoms with van der Waals surface area (Å²) in [7, 11) is 1.72. The first-order valence-corrected chi connectivity index (χ1v) is 6.10. The van der Waals surface area contributed by atoms with E-state index in [-0.39, 0.29) is 13.8 Å². The Kier molecular flexibility index (Phi) is 3.02. The minimum Gasteiger partial charge on any atom is -0.384 e. The maximum absolute atomic E-state index is 13.2. The van der Waals surface area contributed by atoms with Crippen LogP contribution < -0.4 is 0 Å². The molecule has 0 radical (unpaired) electrons. The highest BCUT2D eigenvalue weighted by Gasteiger charge is 2.72. The summed E-state index contributed by atoms with van der Waals surface area (Å²) in [6.45, 7) is 3.19. The highest BCUT2D eigenvalue weighted by Crippen LogP contribution is 2.65. The van der Waals surface area contributed by atoms with Crippen molar-refractivity contribution in [3.8, 4) is 0 Å². The fourth-order valence-corrected chi connectivity index (χ4v) is 3.22. The molecule has 0 aromatic rings. The molecule has 2 saturated carbocycles. The topological polar surface area (TPSA) is 12.5 Å². The molecule has 1 atom stereocenters. The van der Waals surface area contributed by atoms with Gasteiger partial charge in [-0.05, 0) is 25.8 Å². The molecule has 1 aliphatic heterocycles. The Balaban J connectivity index is 0.00000108. The van der Waals surface area contributed by atoms with Gasteiger partial charge in [-0.2, -0.15) is 0 Å². The van der Waals surface area contributed by atoms with Gasteiger partial charge in [-0.25, -0.2) is 8.78 Å². The second-order valence-electron chi connectivity index (χ2n) is 6.06. The zero-order valence-electron chi connectivity index (χ0n) is 9.77. The van der Waals surface area contributed by atoms with E-state index in [9.17, 15) is 8.78 Å². The molecule has 17 heavy (non-hydrogen) atoms. The lowest BCUT2D eigenvalue weighted by atomic mass is 10.1. The summed E-state index contributed by atoms with van der Waals surface area (Å²) in [6, 6.07) is 0. The second kappa shape index (κ2) is 3.89. The number of methoxy groups -OCH3 is 1. The van der Waals surface area contributed by atoms with Crippen LogP contribution in [0.4, 0.5) is 8.78 Å². The first-order chi connectivity index (χ1) is 7.51. The quantitative estimate of drug-likeness (QED) is 0.757. The number of ether oxygens (including phenoxy) is 1. The third-order valence-electron chi connectivity index (χ3n) is 4.61. The molecule has 2 nitrogen and oxygen atoms in total. The van der Waals surface area contributed by atoms with Crippen molar-refractivity contribution in [2.75, 3.05) is 33.4 Å². The van der Waals surface area contributed by atoms with E-state index >= 15 is 0 Å². The molecule has 1 heterocycles. The largest absolute Gasteiger partial charge is 0.384 e. The van der Waals surface area contributed by atoms with E-state index in [1.165, 1.54) is 12.8 Å². The molecular weight excluding hydrogens is 224 g/mol. The Morgan fingerprint density at radius 1 is 1.24 bits per heavy atom. The van der Waals surface area contributed by atoms with Gasteiger partial charge in [-0.3, -0.25) is 0 Å². The zero-order chi connectivity index (χ0) is 11.4. The van der Waals surface area contributed by atoms with Crippen LogP contribution in [-0.4, -0.2) is 44.2 Å². The second-order valence-corrected chi connectivity index (χ2v) is 6.06. The number of hydrogen-bond acceptors (Lipinski definition) is 2. The fraction of sp³-hybridized carbons (Fsp3) is 1.00. The lowest BCUT2D eigenvalue weighted by Gasteiger charge is -2.22. The highest BCUT2D eigenvalue weighted by atomic mass is 19.3.